The molecule has 0 amide bonds. The van der Waals surface area contributed by atoms with Crippen molar-refractivity contribution >= 4 is 17.6 Å². The van der Waals surface area contributed by atoms with Crippen molar-refractivity contribution in [2.75, 3.05) is 5.43 Å². The molecule has 0 aliphatic rings. The van der Waals surface area contributed by atoms with E-state index in [9.17, 15) is 10.1 Å². The monoisotopic (exact) mass is 255 g/mol. The molecule has 0 radical (unpaired) electrons. The molecule has 0 spiro atoms. The average molecular weight is 255 g/mol. The molecular formula is C14H13N3O2. The molecule has 0 aromatic heterocycles. The summed E-state index contributed by atoms with van der Waals surface area (Å²) in [6, 6.07) is 14.5. The molecule has 0 saturated carbocycles. The number of anilines is 1. The van der Waals surface area contributed by atoms with E-state index in [4.69, 9.17) is 0 Å². The van der Waals surface area contributed by atoms with Gasteiger partial charge in [-0.1, -0.05) is 30.3 Å². The first-order chi connectivity index (χ1) is 9.16. The molecular weight excluding hydrogens is 242 g/mol. The number of hydrogen-bond acceptors (Lipinski definition) is 4. The highest BCUT2D eigenvalue weighted by atomic mass is 16.6. The Labute approximate surface area is 110 Å². The minimum Gasteiger partial charge on any atom is -0.279 e. The lowest BCUT2D eigenvalue weighted by Gasteiger charge is -2.00. The standard InChI is InChI=1S/C14H13N3O2/c1-11-7-8-12(9-14(11)17(18)19)10-15-16-13-5-3-2-4-6-13/h2-10,16H,1H3/b15-10-. The lowest BCUT2D eigenvalue weighted by Crippen LogP contribution is -1.95. The molecule has 0 bridgehead atoms. The van der Waals surface area contributed by atoms with Crippen molar-refractivity contribution in [1.82, 2.24) is 0 Å². The number of hydrogen-bond donors (Lipinski definition) is 1. The third kappa shape index (κ3) is 3.38. The fourth-order valence-electron chi connectivity index (χ4n) is 1.60. The molecule has 5 nitrogen and oxygen atoms in total. The van der Waals surface area contributed by atoms with Gasteiger partial charge in [0.05, 0.1) is 16.8 Å². The maximum absolute atomic E-state index is 10.8. The molecule has 2 aromatic rings. The zero-order valence-electron chi connectivity index (χ0n) is 10.4. The molecule has 0 fully saturated rings. The second kappa shape index (κ2) is 5.77. The molecule has 0 heterocycles. The lowest BCUT2D eigenvalue weighted by molar-refractivity contribution is -0.385. The Morgan fingerprint density at radius 3 is 2.63 bits per heavy atom. The summed E-state index contributed by atoms with van der Waals surface area (Å²) in [6.45, 7) is 1.71. The number of nitrogens with zero attached hydrogens (tertiary/aromatic N) is 2. The van der Waals surface area contributed by atoms with Gasteiger partial charge in [-0.2, -0.15) is 5.10 Å². The fourth-order valence-corrected chi connectivity index (χ4v) is 1.60. The predicted octanol–water partition coefficient (Wildman–Crippen LogP) is 3.35. The third-order valence-electron chi connectivity index (χ3n) is 2.61. The summed E-state index contributed by atoms with van der Waals surface area (Å²) in [7, 11) is 0. The number of hydrazone groups is 1. The van der Waals surface area contributed by atoms with Gasteiger partial charge in [-0.05, 0) is 19.1 Å². The van der Waals surface area contributed by atoms with E-state index in [1.807, 2.05) is 30.3 Å². The molecule has 5 heteroatoms. The Hall–Kier alpha value is -2.69. The topological polar surface area (TPSA) is 67.5 Å². The molecule has 0 atom stereocenters. The molecule has 2 rings (SSSR count). The quantitative estimate of drug-likeness (QED) is 0.517. The number of nitro benzene ring substituents is 1. The van der Waals surface area contributed by atoms with Crippen LogP contribution in [-0.4, -0.2) is 11.1 Å². The molecule has 96 valence electrons. The number of nitrogens with one attached hydrogen (secondary N) is 1. The average Bonchev–Trinajstić information content (AvgIpc) is 2.41. The Morgan fingerprint density at radius 2 is 1.95 bits per heavy atom. The van der Waals surface area contributed by atoms with Crippen molar-refractivity contribution in [3.63, 3.8) is 0 Å². The van der Waals surface area contributed by atoms with Gasteiger partial charge in [0.2, 0.25) is 0 Å². The van der Waals surface area contributed by atoms with Crippen LogP contribution in [0.4, 0.5) is 11.4 Å². The first-order valence-electron chi connectivity index (χ1n) is 5.76. The predicted molar refractivity (Wildman–Crippen MR) is 75.5 cm³/mol. The fraction of sp³-hybridized carbons (Fsp3) is 0.0714. The summed E-state index contributed by atoms with van der Waals surface area (Å²) in [4.78, 5) is 10.4. The summed E-state index contributed by atoms with van der Waals surface area (Å²) in [5, 5.41) is 14.9. The number of rotatable bonds is 4. The van der Waals surface area contributed by atoms with E-state index in [0.717, 1.165) is 5.69 Å². The van der Waals surface area contributed by atoms with Crippen LogP contribution in [-0.2, 0) is 0 Å². The van der Waals surface area contributed by atoms with E-state index < -0.39 is 4.92 Å². The van der Waals surface area contributed by atoms with Gasteiger partial charge in [0.15, 0.2) is 0 Å². The van der Waals surface area contributed by atoms with Gasteiger partial charge in [-0.15, -0.1) is 0 Å². The van der Waals surface area contributed by atoms with Gasteiger partial charge in [0.1, 0.15) is 0 Å². The summed E-state index contributed by atoms with van der Waals surface area (Å²) in [5.74, 6) is 0. The molecule has 19 heavy (non-hydrogen) atoms. The van der Waals surface area contributed by atoms with E-state index in [0.29, 0.717) is 11.1 Å². The van der Waals surface area contributed by atoms with E-state index in [2.05, 4.69) is 10.5 Å². The number of benzene rings is 2. The first-order valence-corrected chi connectivity index (χ1v) is 5.76. The van der Waals surface area contributed by atoms with Crippen molar-refractivity contribution in [3.8, 4) is 0 Å². The van der Waals surface area contributed by atoms with E-state index >= 15 is 0 Å². The van der Waals surface area contributed by atoms with Crippen LogP contribution in [0, 0.1) is 17.0 Å². The van der Waals surface area contributed by atoms with Crippen LogP contribution in [0.5, 0.6) is 0 Å². The highest BCUT2D eigenvalue weighted by Crippen LogP contribution is 2.18. The van der Waals surface area contributed by atoms with Crippen molar-refractivity contribution in [2.45, 2.75) is 6.92 Å². The van der Waals surface area contributed by atoms with E-state index in [-0.39, 0.29) is 5.69 Å². The Kier molecular flexibility index (Phi) is 3.87. The number of nitro groups is 1. The molecule has 0 aliphatic carbocycles. The van der Waals surface area contributed by atoms with Gasteiger partial charge >= 0.3 is 0 Å². The van der Waals surface area contributed by atoms with Gasteiger partial charge in [0.25, 0.3) is 5.69 Å². The van der Waals surface area contributed by atoms with E-state index in [1.165, 1.54) is 6.07 Å². The maximum atomic E-state index is 10.8. The Morgan fingerprint density at radius 1 is 1.21 bits per heavy atom. The zero-order chi connectivity index (χ0) is 13.7. The van der Waals surface area contributed by atoms with Gasteiger partial charge in [-0.25, -0.2) is 0 Å². The van der Waals surface area contributed by atoms with Gasteiger partial charge in [0, 0.05) is 17.2 Å². The third-order valence-corrected chi connectivity index (χ3v) is 2.61. The minimum atomic E-state index is -0.392. The van der Waals surface area contributed by atoms with Crippen LogP contribution in [0.15, 0.2) is 53.6 Å². The lowest BCUT2D eigenvalue weighted by atomic mass is 10.1. The number of para-hydroxylation sites is 1. The molecule has 0 unspecified atom stereocenters. The number of aryl methyl sites for hydroxylation is 1. The van der Waals surface area contributed by atoms with Crippen LogP contribution >= 0.6 is 0 Å². The summed E-state index contributed by atoms with van der Waals surface area (Å²) in [6.07, 6.45) is 1.56. The molecule has 0 saturated heterocycles. The minimum absolute atomic E-state index is 0.101. The Balaban J connectivity index is 2.11. The smallest absolute Gasteiger partial charge is 0.272 e. The first kappa shape index (κ1) is 12.8. The second-order valence-corrected chi connectivity index (χ2v) is 4.04. The van der Waals surface area contributed by atoms with Crippen molar-refractivity contribution in [2.24, 2.45) is 5.10 Å². The van der Waals surface area contributed by atoms with Crippen molar-refractivity contribution in [1.29, 1.82) is 0 Å². The highest BCUT2D eigenvalue weighted by molar-refractivity contribution is 5.81. The molecule has 0 aliphatic heterocycles. The summed E-state index contributed by atoms with van der Waals surface area (Å²) in [5.41, 5.74) is 5.14. The van der Waals surface area contributed by atoms with Crippen LogP contribution in [0.1, 0.15) is 11.1 Å². The van der Waals surface area contributed by atoms with Crippen molar-refractivity contribution < 1.29 is 4.92 Å². The van der Waals surface area contributed by atoms with Gasteiger partial charge < -0.3 is 0 Å². The van der Waals surface area contributed by atoms with Crippen LogP contribution in [0.3, 0.4) is 0 Å². The normalized spacial score (nSPS) is 10.6. The maximum Gasteiger partial charge on any atom is 0.272 e. The SMILES string of the molecule is Cc1ccc(/C=N\Nc2ccccc2)cc1[N+](=O)[O-]. The molecule has 1 N–H and O–H groups in total. The van der Waals surface area contributed by atoms with Crippen molar-refractivity contribution in [3.05, 3.63) is 69.8 Å². The van der Waals surface area contributed by atoms with Gasteiger partial charge in [-0.3, -0.25) is 15.5 Å². The zero-order valence-corrected chi connectivity index (χ0v) is 10.4. The highest BCUT2D eigenvalue weighted by Gasteiger charge is 2.09. The van der Waals surface area contributed by atoms with Crippen LogP contribution < -0.4 is 5.43 Å². The summed E-state index contributed by atoms with van der Waals surface area (Å²) >= 11 is 0. The summed E-state index contributed by atoms with van der Waals surface area (Å²) < 4.78 is 0. The van der Waals surface area contributed by atoms with Crippen LogP contribution in [0.2, 0.25) is 0 Å². The Bertz CT molecular complexity index is 609. The molecule has 2 aromatic carbocycles. The largest absolute Gasteiger partial charge is 0.279 e. The second-order valence-electron chi connectivity index (χ2n) is 4.04. The van der Waals surface area contributed by atoms with Crippen LogP contribution in [0.25, 0.3) is 0 Å². The van der Waals surface area contributed by atoms with E-state index in [1.54, 1.807) is 25.3 Å².